The van der Waals surface area contributed by atoms with E-state index in [1.54, 1.807) is 0 Å². The largest absolute Gasteiger partial charge is 0.472 e. The zero-order valence-corrected chi connectivity index (χ0v) is 60.9. The maximum atomic E-state index is 13.0. The highest BCUT2D eigenvalue weighted by Crippen LogP contribution is 2.45. The van der Waals surface area contributed by atoms with Crippen molar-refractivity contribution in [3.05, 3.63) is 0 Å². The van der Waals surface area contributed by atoms with Gasteiger partial charge in [0.05, 0.1) is 26.4 Å². The Labute approximate surface area is 556 Å². The lowest BCUT2D eigenvalue weighted by molar-refractivity contribution is -0.161. The molecule has 3 N–H and O–H groups in total. The van der Waals surface area contributed by atoms with Gasteiger partial charge in [-0.2, -0.15) is 0 Å². The van der Waals surface area contributed by atoms with Crippen LogP contribution in [0.5, 0.6) is 0 Å². The molecular formula is C72H140O17P2. The van der Waals surface area contributed by atoms with Crippen molar-refractivity contribution >= 4 is 39.5 Å². The molecule has 5 atom stereocenters. The van der Waals surface area contributed by atoms with Gasteiger partial charge < -0.3 is 33.8 Å². The lowest BCUT2D eigenvalue weighted by Crippen LogP contribution is -2.30. The maximum absolute atomic E-state index is 13.0. The summed E-state index contributed by atoms with van der Waals surface area (Å²) in [5, 5.41) is 10.6. The summed E-state index contributed by atoms with van der Waals surface area (Å²) < 4.78 is 68.3. The minimum Gasteiger partial charge on any atom is -0.462 e. The molecule has 0 aromatic heterocycles. The number of phosphoric acid groups is 2. The van der Waals surface area contributed by atoms with Gasteiger partial charge in [-0.25, -0.2) is 9.13 Å². The number of aliphatic hydroxyl groups excluding tert-OH is 1. The van der Waals surface area contributed by atoms with Gasteiger partial charge >= 0.3 is 39.5 Å². The fourth-order valence-electron chi connectivity index (χ4n) is 10.9. The first-order valence-corrected chi connectivity index (χ1v) is 40.5. The van der Waals surface area contributed by atoms with E-state index in [9.17, 15) is 43.2 Å². The summed E-state index contributed by atoms with van der Waals surface area (Å²) in [5.74, 6) is -0.618. The molecule has 0 aliphatic heterocycles. The van der Waals surface area contributed by atoms with E-state index in [2.05, 4.69) is 41.5 Å². The van der Waals surface area contributed by atoms with Crippen molar-refractivity contribution in [1.82, 2.24) is 0 Å². The number of phosphoric ester groups is 2. The number of esters is 4. The maximum Gasteiger partial charge on any atom is 0.472 e. The third-order valence-corrected chi connectivity index (χ3v) is 18.6. The van der Waals surface area contributed by atoms with Crippen molar-refractivity contribution in [1.29, 1.82) is 0 Å². The molecule has 0 spiro atoms. The Kier molecular flexibility index (Phi) is 62.7. The van der Waals surface area contributed by atoms with Gasteiger partial charge in [-0.1, -0.05) is 318 Å². The number of aliphatic hydroxyl groups is 1. The second-order valence-corrected chi connectivity index (χ2v) is 29.8. The summed E-state index contributed by atoms with van der Waals surface area (Å²) in [6.07, 6.45) is 50.0. The molecule has 540 valence electrons. The standard InChI is InChI=1S/C72H140O17P2/c1-7-9-11-13-15-17-19-27-31-37-43-49-55-70(75)83-60-67(88-71(76)56-50-44-38-32-28-25-23-21-20-22-24-26-29-34-40-46-52-64(3)4)62-86-90(78,79)84-58-66(73)59-85-91(80,81)87-63-68(89-72(77)57-51-45-39-33-35-41-47-53-65(5)6)61-82-69(74)54-48-42-36-30-18-16-14-12-10-8-2/h64-68,73H,7-63H2,1-6H3,(H,78,79)(H,80,81)/t66-,67-,68-/m1/s1. The molecule has 0 aromatic carbocycles. The predicted octanol–water partition coefficient (Wildman–Crippen LogP) is 20.8. The van der Waals surface area contributed by atoms with E-state index in [0.29, 0.717) is 31.6 Å². The highest BCUT2D eigenvalue weighted by Gasteiger charge is 2.30. The average Bonchev–Trinajstić information content (AvgIpc) is 3.38. The molecule has 0 saturated carbocycles. The fourth-order valence-corrected chi connectivity index (χ4v) is 12.5. The van der Waals surface area contributed by atoms with Crippen LogP contribution in [0.4, 0.5) is 0 Å². The highest BCUT2D eigenvalue weighted by molar-refractivity contribution is 7.47. The Balaban J connectivity index is 5.20. The fraction of sp³-hybridized carbons (Fsp3) is 0.944. The summed E-state index contributed by atoms with van der Waals surface area (Å²) in [6, 6.07) is 0. The first-order valence-electron chi connectivity index (χ1n) is 37.5. The minimum atomic E-state index is -4.95. The molecule has 2 unspecified atom stereocenters. The molecule has 0 aliphatic carbocycles. The number of hydrogen-bond acceptors (Lipinski definition) is 15. The molecule has 0 fully saturated rings. The Morgan fingerprint density at radius 1 is 0.297 bits per heavy atom. The molecule has 0 aliphatic rings. The van der Waals surface area contributed by atoms with E-state index in [1.165, 1.54) is 186 Å². The van der Waals surface area contributed by atoms with Gasteiger partial charge in [-0.3, -0.25) is 37.3 Å². The van der Waals surface area contributed by atoms with Crippen LogP contribution in [-0.2, 0) is 65.4 Å². The summed E-state index contributed by atoms with van der Waals surface area (Å²) in [7, 11) is -9.90. The summed E-state index contributed by atoms with van der Waals surface area (Å²) in [4.78, 5) is 72.5. The molecule has 0 bridgehead atoms. The number of rotatable bonds is 71. The molecular weight excluding hydrogens is 1200 g/mol. The van der Waals surface area contributed by atoms with Crippen LogP contribution in [0.1, 0.15) is 369 Å². The first-order chi connectivity index (χ1) is 43.9. The van der Waals surface area contributed by atoms with Crippen LogP contribution in [0.25, 0.3) is 0 Å². The van der Waals surface area contributed by atoms with Crippen LogP contribution in [-0.4, -0.2) is 96.7 Å². The van der Waals surface area contributed by atoms with E-state index >= 15 is 0 Å². The van der Waals surface area contributed by atoms with Crippen molar-refractivity contribution in [3.8, 4) is 0 Å². The second kappa shape index (κ2) is 64.1. The summed E-state index contributed by atoms with van der Waals surface area (Å²) in [6.45, 7) is 9.52. The lowest BCUT2D eigenvalue weighted by atomic mass is 10.0. The van der Waals surface area contributed by atoms with Crippen molar-refractivity contribution < 1.29 is 80.2 Å². The van der Waals surface area contributed by atoms with Crippen molar-refractivity contribution in [2.45, 2.75) is 387 Å². The van der Waals surface area contributed by atoms with E-state index in [4.69, 9.17) is 37.0 Å². The Bertz CT molecular complexity index is 1770. The van der Waals surface area contributed by atoms with Gasteiger partial charge in [0.1, 0.15) is 19.3 Å². The van der Waals surface area contributed by atoms with Gasteiger partial charge in [0.15, 0.2) is 12.2 Å². The van der Waals surface area contributed by atoms with Crippen molar-refractivity contribution in [3.63, 3.8) is 0 Å². The quantitative estimate of drug-likeness (QED) is 0.0222. The molecule has 0 aromatic rings. The van der Waals surface area contributed by atoms with Crippen LogP contribution in [0.2, 0.25) is 0 Å². The van der Waals surface area contributed by atoms with Crippen LogP contribution >= 0.6 is 15.6 Å². The number of ether oxygens (including phenoxy) is 4. The summed E-state index contributed by atoms with van der Waals surface area (Å²) >= 11 is 0. The molecule has 0 heterocycles. The molecule has 0 rings (SSSR count). The molecule has 0 saturated heterocycles. The molecule has 0 amide bonds. The van der Waals surface area contributed by atoms with Crippen molar-refractivity contribution in [2.75, 3.05) is 39.6 Å². The van der Waals surface area contributed by atoms with Gasteiger partial charge in [0, 0.05) is 25.7 Å². The first kappa shape index (κ1) is 89.1. The SMILES string of the molecule is CCCCCCCCCCCCCCC(=O)OC[C@H](COP(=O)(O)OC[C@@H](O)COP(=O)(O)OC[C@@H](COC(=O)CCCCCCCCCCCC)OC(=O)CCCCCCCCCC(C)C)OC(=O)CCCCCCCCCCCCCCCCCCC(C)C. The Morgan fingerprint density at radius 2 is 0.505 bits per heavy atom. The van der Waals surface area contributed by atoms with E-state index in [1.807, 2.05) is 0 Å². The molecule has 17 nitrogen and oxygen atoms in total. The Hall–Kier alpha value is -1.94. The Morgan fingerprint density at radius 3 is 0.747 bits per heavy atom. The number of unbranched alkanes of at least 4 members (excludes halogenated alkanes) is 41. The zero-order chi connectivity index (χ0) is 67.2. The second-order valence-electron chi connectivity index (χ2n) is 26.9. The van der Waals surface area contributed by atoms with Crippen LogP contribution in [0.3, 0.4) is 0 Å². The molecule has 91 heavy (non-hydrogen) atoms. The van der Waals surface area contributed by atoms with E-state index in [0.717, 1.165) is 95.8 Å². The average molecular weight is 1340 g/mol. The monoisotopic (exact) mass is 1340 g/mol. The van der Waals surface area contributed by atoms with Crippen LogP contribution < -0.4 is 0 Å². The van der Waals surface area contributed by atoms with Crippen LogP contribution in [0, 0.1) is 11.8 Å². The predicted molar refractivity (Wildman–Crippen MR) is 368 cm³/mol. The van der Waals surface area contributed by atoms with Gasteiger partial charge in [-0.15, -0.1) is 0 Å². The smallest absolute Gasteiger partial charge is 0.462 e. The topological polar surface area (TPSA) is 237 Å². The van der Waals surface area contributed by atoms with E-state index < -0.39 is 97.5 Å². The number of hydrogen-bond donors (Lipinski definition) is 3. The molecule has 0 radical (unpaired) electrons. The summed E-state index contributed by atoms with van der Waals surface area (Å²) in [5.41, 5.74) is 0. The third kappa shape index (κ3) is 66.5. The normalized spacial score (nSPS) is 14.1. The minimum absolute atomic E-state index is 0.104. The highest BCUT2D eigenvalue weighted by atomic mass is 31.2. The van der Waals surface area contributed by atoms with Gasteiger partial charge in [0.25, 0.3) is 0 Å². The van der Waals surface area contributed by atoms with Gasteiger partial charge in [0.2, 0.25) is 0 Å². The van der Waals surface area contributed by atoms with Crippen LogP contribution in [0.15, 0.2) is 0 Å². The van der Waals surface area contributed by atoms with Crippen molar-refractivity contribution in [2.24, 2.45) is 11.8 Å². The number of carbonyl (C=O) groups excluding carboxylic acids is 4. The lowest BCUT2D eigenvalue weighted by Gasteiger charge is -2.21. The molecule has 19 heteroatoms. The van der Waals surface area contributed by atoms with Gasteiger partial charge in [-0.05, 0) is 37.5 Å². The number of carbonyl (C=O) groups is 4. The van der Waals surface area contributed by atoms with E-state index in [-0.39, 0.29) is 25.7 Å². The third-order valence-electron chi connectivity index (χ3n) is 16.7. The zero-order valence-electron chi connectivity index (χ0n) is 59.1.